The van der Waals surface area contributed by atoms with Crippen LogP contribution in [0.15, 0.2) is 4.21 Å². The first kappa shape index (κ1) is 14.9. The molecule has 1 aliphatic rings. The molecule has 7 heteroatoms. The third-order valence-corrected chi connectivity index (χ3v) is 7.10. The largest absolute Gasteiger partial charge is 0.393 e. The molecule has 0 radical (unpaired) electrons. The Bertz CT molecular complexity index is 553. The maximum atomic E-state index is 12.5. The van der Waals surface area contributed by atoms with Crippen LogP contribution in [0.25, 0.3) is 0 Å². The van der Waals surface area contributed by atoms with Crippen LogP contribution in [0, 0.1) is 19.8 Å². The SMILES string of the molecule is Cc1nc(C)c(S(=O)(=O)N(C)CC2CCCC2O)s1. The Kier molecular flexibility index (Phi) is 4.29. The van der Waals surface area contributed by atoms with Crippen LogP contribution >= 0.6 is 11.3 Å². The zero-order valence-corrected chi connectivity index (χ0v) is 13.1. The maximum Gasteiger partial charge on any atom is 0.254 e. The van der Waals surface area contributed by atoms with Crippen LogP contribution in [-0.2, 0) is 10.0 Å². The minimum Gasteiger partial charge on any atom is -0.393 e. The van der Waals surface area contributed by atoms with E-state index in [1.165, 1.54) is 15.6 Å². The summed E-state index contributed by atoms with van der Waals surface area (Å²) in [6.07, 6.45) is 2.26. The summed E-state index contributed by atoms with van der Waals surface area (Å²) in [4.78, 5) is 4.17. The van der Waals surface area contributed by atoms with Crippen molar-refractivity contribution in [2.24, 2.45) is 5.92 Å². The lowest BCUT2D eigenvalue weighted by Crippen LogP contribution is -2.34. The van der Waals surface area contributed by atoms with Gasteiger partial charge in [0.1, 0.15) is 0 Å². The molecule has 1 fully saturated rings. The van der Waals surface area contributed by atoms with Crippen molar-refractivity contribution in [3.05, 3.63) is 10.7 Å². The van der Waals surface area contributed by atoms with Crippen molar-refractivity contribution in [2.45, 2.75) is 43.4 Å². The smallest absolute Gasteiger partial charge is 0.254 e. The van der Waals surface area contributed by atoms with Gasteiger partial charge < -0.3 is 5.11 Å². The number of aliphatic hydroxyl groups excluding tert-OH is 1. The molecule has 1 aromatic heterocycles. The van der Waals surface area contributed by atoms with E-state index in [2.05, 4.69) is 4.98 Å². The van der Waals surface area contributed by atoms with Gasteiger partial charge in [-0.1, -0.05) is 6.42 Å². The van der Waals surface area contributed by atoms with Crippen molar-refractivity contribution >= 4 is 21.4 Å². The minimum absolute atomic E-state index is 0.0501. The van der Waals surface area contributed by atoms with Gasteiger partial charge in [-0.2, -0.15) is 4.31 Å². The van der Waals surface area contributed by atoms with E-state index >= 15 is 0 Å². The number of rotatable bonds is 4. The van der Waals surface area contributed by atoms with Crippen molar-refractivity contribution in [1.29, 1.82) is 0 Å². The molecule has 1 heterocycles. The van der Waals surface area contributed by atoms with Crippen molar-refractivity contribution in [1.82, 2.24) is 9.29 Å². The number of aryl methyl sites for hydroxylation is 2. The molecule has 2 atom stereocenters. The van der Waals surface area contributed by atoms with Crippen molar-refractivity contribution in [3.63, 3.8) is 0 Å². The van der Waals surface area contributed by atoms with Gasteiger partial charge in [0.05, 0.1) is 16.8 Å². The third kappa shape index (κ3) is 2.99. The second kappa shape index (κ2) is 5.47. The summed E-state index contributed by atoms with van der Waals surface area (Å²) < 4.78 is 26.6. The standard InChI is InChI=1S/C12H20N2O3S2/c1-8-12(18-9(2)13-8)19(16,17)14(3)7-10-5-4-6-11(10)15/h10-11,15H,4-7H2,1-3H3. The highest BCUT2D eigenvalue weighted by Crippen LogP contribution is 2.30. The number of hydrogen-bond acceptors (Lipinski definition) is 5. The summed E-state index contributed by atoms with van der Waals surface area (Å²) in [5.41, 5.74) is 0.557. The Balaban J connectivity index is 2.17. The molecule has 0 spiro atoms. The van der Waals surface area contributed by atoms with Crippen molar-refractivity contribution < 1.29 is 13.5 Å². The second-order valence-electron chi connectivity index (χ2n) is 5.15. The quantitative estimate of drug-likeness (QED) is 0.916. The maximum absolute atomic E-state index is 12.5. The van der Waals surface area contributed by atoms with Crippen LogP contribution in [0.5, 0.6) is 0 Å². The van der Waals surface area contributed by atoms with E-state index in [9.17, 15) is 13.5 Å². The van der Waals surface area contributed by atoms with E-state index in [1.807, 2.05) is 0 Å². The third-order valence-electron chi connectivity index (χ3n) is 3.62. The van der Waals surface area contributed by atoms with Gasteiger partial charge in [-0.15, -0.1) is 11.3 Å². The molecular weight excluding hydrogens is 284 g/mol. The summed E-state index contributed by atoms with van der Waals surface area (Å²) in [6, 6.07) is 0. The number of thiazole rings is 1. The summed E-state index contributed by atoms with van der Waals surface area (Å²) in [7, 11) is -1.90. The molecule has 0 aliphatic heterocycles. The predicted molar refractivity (Wildman–Crippen MR) is 74.8 cm³/mol. The first-order chi connectivity index (χ1) is 8.82. The van der Waals surface area contributed by atoms with Crippen molar-refractivity contribution in [3.8, 4) is 0 Å². The number of aromatic nitrogens is 1. The van der Waals surface area contributed by atoms with Gasteiger partial charge in [0.2, 0.25) is 0 Å². The molecule has 19 heavy (non-hydrogen) atoms. The molecule has 0 bridgehead atoms. The molecule has 2 rings (SSSR count). The highest BCUT2D eigenvalue weighted by molar-refractivity contribution is 7.91. The van der Waals surface area contributed by atoms with Gasteiger partial charge in [0.25, 0.3) is 10.0 Å². The first-order valence-electron chi connectivity index (χ1n) is 6.41. The molecule has 108 valence electrons. The van der Waals surface area contributed by atoms with Gasteiger partial charge in [-0.25, -0.2) is 13.4 Å². The van der Waals surface area contributed by atoms with Crippen LogP contribution in [0.1, 0.15) is 30.0 Å². The number of aliphatic hydroxyl groups is 1. The Morgan fingerprint density at radius 3 is 2.58 bits per heavy atom. The second-order valence-corrected chi connectivity index (χ2v) is 8.59. The number of sulfonamides is 1. The van der Waals surface area contributed by atoms with Crippen LogP contribution in [0.4, 0.5) is 0 Å². The zero-order chi connectivity index (χ0) is 14.2. The zero-order valence-electron chi connectivity index (χ0n) is 11.5. The monoisotopic (exact) mass is 304 g/mol. The highest BCUT2D eigenvalue weighted by Gasteiger charge is 2.32. The molecular formula is C12H20N2O3S2. The number of hydrogen-bond donors (Lipinski definition) is 1. The molecule has 1 saturated carbocycles. The molecule has 1 aliphatic carbocycles. The van der Waals surface area contributed by atoms with Crippen LogP contribution < -0.4 is 0 Å². The molecule has 0 amide bonds. The van der Waals surface area contributed by atoms with E-state index in [4.69, 9.17) is 0 Å². The van der Waals surface area contributed by atoms with Crippen LogP contribution in [-0.4, -0.2) is 42.5 Å². The average Bonchev–Trinajstić information content (AvgIpc) is 2.86. The molecule has 5 nitrogen and oxygen atoms in total. The van der Waals surface area contributed by atoms with Crippen LogP contribution in [0.2, 0.25) is 0 Å². The Hall–Kier alpha value is -0.500. The summed E-state index contributed by atoms with van der Waals surface area (Å²) in [5.74, 6) is 0.0501. The summed E-state index contributed by atoms with van der Waals surface area (Å²) in [5, 5.41) is 10.6. The Labute approximate surface area is 118 Å². The Morgan fingerprint density at radius 2 is 2.11 bits per heavy atom. The normalized spacial score (nSPS) is 24.3. The molecule has 1 N–H and O–H groups in total. The average molecular weight is 304 g/mol. The van der Waals surface area contributed by atoms with Gasteiger partial charge in [0, 0.05) is 13.6 Å². The van der Waals surface area contributed by atoms with Crippen LogP contribution in [0.3, 0.4) is 0 Å². The fraction of sp³-hybridized carbons (Fsp3) is 0.750. The van der Waals surface area contributed by atoms with Gasteiger partial charge in [0.15, 0.2) is 4.21 Å². The molecule has 0 aromatic carbocycles. The van der Waals surface area contributed by atoms with Crippen molar-refractivity contribution in [2.75, 3.05) is 13.6 Å². The first-order valence-corrected chi connectivity index (χ1v) is 8.66. The Morgan fingerprint density at radius 1 is 1.42 bits per heavy atom. The lowest BCUT2D eigenvalue weighted by Gasteiger charge is -2.22. The number of nitrogens with zero attached hydrogens (tertiary/aromatic N) is 2. The molecule has 0 saturated heterocycles. The van der Waals surface area contributed by atoms with E-state index in [0.717, 1.165) is 24.3 Å². The topological polar surface area (TPSA) is 70.5 Å². The van der Waals surface area contributed by atoms with E-state index in [0.29, 0.717) is 16.4 Å². The van der Waals surface area contributed by atoms with E-state index in [-0.39, 0.29) is 12.0 Å². The van der Waals surface area contributed by atoms with Gasteiger partial charge >= 0.3 is 0 Å². The van der Waals surface area contributed by atoms with E-state index in [1.54, 1.807) is 20.9 Å². The lowest BCUT2D eigenvalue weighted by atomic mass is 10.1. The molecule has 2 unspecified atom stereocenters. The minimum atomic E-state index is -3.48. The van der Waals surface area contributed by atoms with Gasteiger partial charge in [-0.05, 0) is 32.6 Å². The predicted octanol–water partition coefficient (Wildman–Crippen LogP) is 1.54. The van der Waals surface area contributed by atoms with Gasteiger partial charge in [-0.3, -0.25) is 0 Å². The fourth-order valence-corrected chi connectivity index (χ4v) is 5.45. The lowest BCUT2D eigenvalue weighted by molar-refractivity contribution is 0.123. The fourth-order valence-electron chi connectivity index (χ4n) is 2.55. The highest BCUT2D eigenvalue weighted by atomic mass is 32.2. The summed E-state index contributed by atoms with van der Waals surface area (Å²) >= 11 is 1.21. The molecule has 1 aromatic rings. The summed E-state index contributed by atoms with van der Waals surface area (Å²) in [6.45, 7) is 3.89. The van der Waals surface area contributed by atoms with E-state index < -0.39 is 10.0 Å².